The molecular formula is C23H26N2O3. The SMILES string of the molecule is CC(C)(O)C#Cc1cccc(C(=O)N2CCC(OCc3cccnc3)CC2)c1. The van der Waals surface area contributed by atoms with Gasteiger partial charge in [-0.15, -0.1) is 0 Å². The highest BCUT2D eigenvalue weighted by atomic mass is 16.5. The van der Waals surface area contributed by atoms with Crippen LogP contribution in [0.25, 0.3) is 0 Å². The van der Waals surface area contributed by atoms with E-state index in [-0.39, 0.29) is 12.0 Å². The molecule has 1 fully saturated rings. The number of carbonyl (C=O) groups is 1. The maximum absolute atomic E-state index is 12.8. The Bertz CT molecular complexity index is 855. The summed E-state index contributed by atoms with van der Waals surface area (Å²) in [5, 5.41) is 9.74. The molecule has 2 aromatic rings. The molecule has 0 unspecified atom stereocenters. The lowest BCUT2D eigenvalue weighted by Gasteiger charge is -2.32. The molecular weight excluding hydrogens is 352 g/mol. The smallest absolute Gasteiger partial charge is 0.253 e. The molecule has 2 heterocycles. The minimum absolute atomic E-state index is 0.0117. The molecule has 1 aromatic heterocycles. The van der Waals surface area contributed by atoms with E-state index < -0.39 is 5.60 Å². The molecule has 1 amide bonds. The molecule has 5 heteroatoms. The van der Waals surface area contributed by atoms with Crippen molar-refractivity contribution in [1.29, 1.82) is 0 Å². The number of piperidine rings is 1. The first-order valence-electron chi connectivity index (χ1n) is 9.56. The van der Waals surface area contributed by atoms with Crippen LogP contribution in [0.4, 0.5) is 0 Å². The molecule has 0 atom stereocenters. The topological polar surface area (TPSA) is 62.7 Å². The lowest BCUT2D eigenvalue weighted by atomic mass is 10.0. The van der Waals surface area contributed by atoms with Crippen molar-refractivity contribution in [3.8, 4) is 11.8 Å². The quantitative estimate of drug-likeness (QED) is 0.831. The molecule has 0 saturated carbocycles. The number of aliphatic hydroxyl groups is 1. The van der Waals surface area contributed by atoms with E-state index in [1.807, 2.05) is 41.4 Å². The summed E-state index contributed by atoms with van der Waals surface area (Å²) in [4.78, 5) is 18.8. The minimum atomic E-state index is -1.06. The normalized spacial score (nSPS) is 15.0. The number of carbonyl (C=O) groups excluding carboxylic acids is 1. The fourth-order valence-corrected chi connectivity index (χ4v) is 3.06. The summed E-state index contributed by atoms with van der Waals surface area (Å²) in [7, 11) is 0. The molecule has 1 aliphatic rings. The number of ether oxygens (including phenoxy) is 1. The van der Waals surface area contributed by atoms with Crippen LogP contribution in [0.15, 0.2) is 48.8 Å². The Morgan fingerprint density at radius 1 is 1.29 bits per heavy atom. The number of benzene rings is 1. The van der Waals surface area contributed by atoms with Gasteiger partial charge in [-0.3, -0.25) is 9.78 Å². The summed E-state index contributed by atoms with van der Waals surface area (Å²) >= 11 is 0. The maximum Gasteiger partial charge on any atom is 0.253 e. The zero-order valence-electron chi connectivity index (χ0n) is 16.4. The van der Waals surface area contributed by atoms with Crippen LogP contribution in [0.5, 0.6) is 0 Å². The van der Waals surface area contributed by atoms with Crippen molar-refractivity contribution in [2.75, 3.05) is 13.1 Å². The Labute approximate surface area is 166 Å². The summed E-state index contributed by atoms with van der Waals surface area (Å²) < 4.78 is 5.97. The van der Waals surface area contributed by atoms with Crippen molar-refractivity contribution in [3.63, 3.8) is 0 Å². The second kappa shape index (κ2) is 9.01. The number of pyridine rings is 1. The van der Waals surface area contributed by atoms with Crippen molar-refractivity contribution >= 4 is 5.91 Å². The lowest BCUT2D eigenvalue weighted by molar-refractivity contribution is -0.000470. The lowest BCUT2D eigenvalue weighted by Crippen LogP contribution is -2.40. The molecule has 5 nitrogen and oxygen atoms in total. The number of likely N-dealkylation sites (tertiary alicyclic amines) is 1. The Morgan fingerprint density at radius 3 is 2.75 bits per heavy atom. The monoisotopic (exact) mass is 378 g/mol. The summed E-state index contributed by atoms with van der Waals surface area (Å²) in [6.07, 6.45) is 5.37. The first-order valence-corrected chi connectivity index (χ1v) is 9.56. The van der Waals surface area contributed by atoms with Crippen molar-refractivity contribution in [3.05, 3.63) is 65.5 Å². The third-order valence-corrected chi connectivity index (χ3v) is 4.56. The number of nitrogens with zero attached hydrogens (tertiary/aromatic N) is 2. The molecule has 0 radical (unpaired) electrons. The summed E-state index contributed by atoms with van der Waals surface area (Å²) in [6.45, 7) is 5.17. The third kappa shape index (κ3) is 5.91. The predicted octanol–water partition coefficient (Wildman–Crippen LogP) is 3.03. The van der Waals surface area contributed by atoms with Gasteiger partial charge in [0.1, 0.15) is 5.60 Å². The third-order valence-electron chi connectivity index (χ3n) is 4.56. The van der Waals surface area contributed by atoms with Crippen molar-refractivity contribution in [2.24, 2.45) is 0 Å². The highest BCUT2D eigenvalue weighted by molar-refractivity contribution is 5.94. The number of amides is 1. The average Bonchev–Trinajstić information content (AvgIpc) is 2.71. The van der Waals surface area contributed by atoms with Crippen LogP contribution in [0, 0.1) is 11.8 Å². The second-order valence-corrected chi connectivity index (χ2v) is 7.55. The van der Waals surface area contributed by atoms with Gasteiger partial charge in [0.25, 0.3) is 5.91 Å². The van der Waals surface area contributed by atoms with E-state index in [2.05, 4.69) is 16.8 Å². The average molecular weight is 378 g/mol. The zero-order valence-corrected chi connectivity index (χ0v) is 16.4. The molecule has 1 aliphatic heterocycles. The van der Waals surface area contributed by atoms with Gasteiger partial charge >= 0.3 is 0 Å². The van der Waals surface area contributed by atoms with Gasteiger partial charge in [-0.05, 0) is 56.5 Å². The van der Waals surface area contributed by atoms with Crippen molar-refractivity contribution in [2.45, 2.75) is 45.0 Å². The largest absolute Gasteiger partial charge is 0.378 e. The number of aromatic nitrogens is 1. The predicted molar refractivity (Wildman–Crippen MR) is 108 cm³/mol. The first kappa shape index (κ1) is 20.1. The molecule has 1 N–H and O–H groups in total. The Hall–Kier alpha value is -2.68. The highest BCUT2D eigenvalue weighted by Gasteiger charge is 2.24. The fraction of sp³-hybridized carbons (Fsp3) is 0.391. The molecule has 3 rings (SSSR count). The first-order chi connectivity index (χ1) is 13.4. The summed E-state index contributed by atoms with van der Waals surface area (Å²) in [5.41, 5.74) is 1.35. The van der Waals surface area contributed by atoms with E-state index >= 15 is 0 Å². The maximum atomic E-state index is 12.8. The Balaban J connectivity index is 1.54. The van der Waals surface area contributed by atoms with E-state index in [0.717, 1.165) is 24.0 Å². The fourth-order valence-electron chi connectivity index (χ4n) is 3.06. The Kier molecular flexibility index (Phi) is 6.45. The van der Waals surface area contributed by atoms with Gasteiger partial charge < -0.3 is 14.7 Å². The van der Waals surface area contributed by atoms with E-state index in [9.17, 15) is 9.90 Å². The van der Waals surface area contributed by atoms with Gasteiger partial charge in [0, 0.05) is 36.6 Å². The number of hydrogen-bond donors (Lipinski definition) is 1. The summed E-state index contributed by atoms with van der Waals surface area (Å²) in [5.74, 6) is 5.71. The second-order valence-electron chi connectivity index (χ2n) is 7.55. The molecule has 1 aromatic carbocycles. The van der Waals surface area contributed by atoms with Gasteiger partial charge in [-0.1, -0.05) is 24.0 Å². The standard InChI is InChI=1S/C23H26N2O3/c1-23(2,27)11-8-18-5-3-7-20(15-18)22(26)25-13-9-21(10-14-25)28-17-19-6-4-12-24-16-19/h3-7,12,15-16,21,27H,9-10,13-14,17H2,1-2H3. The minimum Gasteiger partial charge on any atom is -0.378 e. The number of hydrogen-bond acceptors (Lipinski definition) is 4. The van der Waals surface area contributed by atoms with E-state index in [1.54, 1.807) is 26.1 Å². The highest BCUT2D eigenvalue weighted by Crippen LogP contribution is 2.18. The van der Waals surface area contributed by atoms with Gasteiger partial charge in [0.2, 0.25) is 0 Å². The molecule has 146 valence electrons. The van der Waals surface area contributed by atoms with Crippen LogP contribution in [-0.2, 0) is 11.3 Å². The molecule has 28 heavy (non-hydrogen) atoms. The van der Waals surface area contributed by atoms with Crippen LogP contribution < -0.4 is 0 Å². The van der Waals surface area contributed by atoms with Gasteiger partial charge in [0.05, 0.1) is 12.7 Å². The van der Waals surface area contributed by atoms with Crippen molar-refractivity contribution < 1.29 is 14.6 Å². The van der Waals surface area contributed by atoms with Crippen LogP contribution in [-0.4, -0.2) is 45.7 Å². The van der Waals surface area contributed by atoms with E-state index in [4.69, 9.17) is 4.74 Å². The number of rotatable bonds is 4. The van der Waals surface area contributed by atoms with Crippen LogP contribution in [0.3, 0.4) is 0 Å². The van der Waals surface area contributed by atoms with Gasteiger partial charge in [-0.2, -0.15) is 0 Å². The molecule has 0 bridgehead atoms. The van der Waals surface area contributed by atoms with Crippen LogP contribution >= 0.6 is 0 Å². The van der Waals surface area contributed by atoms with Crippen LogP contribution in [0.2, 0.25) is 0 Å². The molecule has 1 saturated heterocycles. The van der Waals surface area contributed by atoms with Crippen molar-refractivity contribution in [1.82, 2.24) is 9.88 Å². The van der Waals surface area contributed by atoms with E-state index in [0.29, 0.717) is 25.3 Å². The zero-order chi connectivity index (χ0) is 20.0. The van der Waals surface area contributed by atoms with Gasteiger partial charge in [0.15, 0.2) is 0 Å². The Morgan fingerprint density at radius 2 is 2.07 bits per heavy atom. The molecule has 0 aliphatic carbocycles. The molecule has 0 spiro atoms. The van der Waals surface area contributed by atoms with Crippen LogP contribution in [0.1, 0.15) is 48.2 Å². The summed E-state index contributed by atoms with van der Waals surface area (Å²) in [6, 6.07) is 11.2. The van der Waals surface area contributed by atoms with E-state index in [1.165, 1.54) is 0 Å². The van der Waals surface area contributed by atoms with Gasteiger partial charge in [-0.25, -0.2) is 0 Å².